The lowest BCUT2D eigenvalue weighted by Gasteiger charge is -2.52. The minimum atomic E-state index is -3.56. The highest BCUT2D eigenvalue weighted by Gasteiger charge is 2.88. The van der Waals surface area contributed by atoms with Gasteiger partial charge in [-0.25, -0.2) is 0 Å². The summed E-state index contributed by atoms with van der Waals surface area (Å²) in [6, 6.07) is 0. The third-order valence-corrected chi connectivity index (χ3v) is 8.52. The van der Waals surface area contributed by atoms with E-state index in [2.05, 4.69) is 24.3 Å². The zero-order chi connectivity index (χ0) is 17.1. The van der Waals surface area contributed by atoms with E-state index in [9.17, 15) is 16.8 Å². The summed E-state index contributed by atoms with van der Waals surface area (Å²) >= 11 is 0. The van der Waals surface area contributed by atoms with Crippen LogP contribution in [0.4, 0.5) is 0 Å². The Morgan fingerprint density at radius 1 is 0.708 bits per heavy atom. The summed E-state index contributed by atoms with van der Waals surface area (Å²) in [5, 5.41) is 0. The van der Waals surface area contributed by atoms with Crippen molar-refractivity contribution in [1.29, 1.82) is 0 Å². The van der Waals surface area contributed by atoms with E-state index in [4.69, 9.17) is 8.37 Å². The summed E-state index contributed by atoms with van der Waals surface area (Å²) in [5.41, 5.74) is -0.732. The molecule has 2 unspecified atom stereocenters. The molecule has 0 heterocycles. The van der Waals surface area contributed by atoms with Crippen molar-refractivity contribution >= 4 is 20.2 Å². The van der Waals surface area contributed by atoms with Crippen molar-refractivity contribution in [3.05, 3.63) is 24.3 Å². The number of hydrogen-bond donors (Lipinski definition) is 0. The molecular formula is C16H20O6S2. The molecule has 0 radical (unpaired) electrons. The van der Waals surface area contributed by atoms with Crippen LogP contribution in [-0.4, -0.2) is 42.6 Å². The van der Waals surface area contributed by atoms with Crippen molar-refractivity contribution in [3.63, 3.8) is 0 Å². The van der Waals surface area contributed by atoms with Crippen LogP contribution in [0.2, 0.25) is 0 Å². The Labute approximate surface area is 142 Å². The van der Waals surface area contributed by atoms with Crippen LogP contribution in [0.15, 0.2) is 24.3 Å². The van der Waals surface area contributed by atoms with Gasteiger partial charge in [-0.05, 0) is 35.5 Å². The van der Waals surface area contributed by atoms with Gasteiger partial charge in [0.05, 0.1) is 25.7 Å². The Bertz CT molecular complexity index is 782. The van der Waals surface area contributed by atoms with E-state index in [1.807, 2.05) is 0 Å². The number of hydrogen-bond acceptors (Lipinski definition) is 6. The molecular weight excluding hydrogens is 352 g/mol. The van der Waals surface area contributed by atoms with Crippen molar-refractivity contribution in [2.45, 2.75) is 0 Å². The van der Waals surface area contributed by atoms with Gasteiger partial charge in [-0.2, -0.15) is 16.8 Å². The molecule has 4 saturated carbocycles. The van der Waals surface area contributed by atoms with Crippen molar-refractivity contribution < 1.29 is 25.2 Å². The molecule has 6 aliphatic carbocycles. The second-order valence-electron chi connectivity index (χ2n) is 8.04. The molecule has 6 nitrogen and oxygen atoms in total. The Balaban J connectivity index is 1.61. The van der Waals surface area contributed by atoms with E-state index in [-0.39, 0.29) is 47.7 Å². The predicted molar refractivity (Wildman–Crippen MR) is 85.7 cm³/mol. The first kappa shape index (κ1) is 15.5. The zero-order valence-electron chi connectivity index (χ0n) is 13.5. The fourth-order valence-electron chi connectivity index (χ4n) is 7.21. The maximum atomic E-state index is 11.6. The molecule has 0 saturated heterocycles. The van der Waals surface area contributed by atoms with Gasteiger partial charge in [0.15, 0.2) is 0 Å². The lowest BCUT2D eigenvalue weighted by Crippen LogP contribution is -2.54. The smallest absolute Gasteiger partial charge is 0.264 e. The minimum Gasteiger partial charge on any atom is -0.270 e. The Hall–Kier alpha value is -0.700. The number of allylic oxidation sites excluding steroid dienone is 4. The van der Waals surface area contributed by atoms with Gasteiger partial charge in [0, 0.05) is 10.8 Å². The average molecular weight is 372 g/mol. The standard InChI is InChI=1S/C16H20O6S2/c1-23(17,18)21-7-15-9-3-5-11-13(9)14-10(15)4-6-12(14)16(11,15)8-22-24(2,19)20/h3-6,9-14H,7-8H2,1-2H3/t9-,10+,11-,12+,13?,14?,15?,16?. The lowest BCUT2D eigenvalue weighted by molar-refractivity contribution is -0.0583. The summed E-state index contributed by atoms with van der Waals surface area (Å²) < 4.78 is 57.1. The van der Waals surface area contributed by atoms with E-state index < -0.39 is 20.2 Å². The molecule has 24 heavy (non-hydrogen) atoms. The topological polar surface area (TPSA) is 86.7 Å². The summed E-state index contributed by atoms with van der Waals surface area (Å²) in [7, 11) is -7.11. The molecule has 8 heteroatoms. The predicted octanol–water partition coefficient (Wildman–Crippen LogP) is 0.789. The fourth-order valence-corrected chi connectivity index (χ4v) is 8.02. The Kier molecular flexibility index (Phi) is 2.70. The molecule has 8 bridgehead atoms. The van der Waals surface area contributed by atoms with E-state index >= 15 is 0 Å². The summed E-state index contributed by atoms with van der Waals surface area (Å²) in [6.07, 6.45) is 10.9. The first-order valence-electron chi connectivity index (χ1n) is 8.17. The van der Waals surface area contributed by atoms with E-state index in [0.717, 1.165) is 12.5 Å². The lowest BCUT2D eigenvalue weighted by atomic mass is 9.54. The van der Waals surface area contributed by atoms with E-state index in [1.54, 1.807) is 0 Å². The van der Waals surface area contributed by atoms with Gasteiger partial charge >= 0.3 is 0 Å². The average Bonchev–Trinajstić information content (AvgIpc) is 3.20. The Morgan fingerprint density at radius 2 is 1.00 bits per heavy atom. The van der Waals surface area contributed by atoms with Crippen LogP contribution in [0.1, 0.15) is 0 Å². The van der Waals surface area contributed by atoms with Crippen LogP contribution < -0.4 is 0 Å². The SMILES string of the molecule is CS(=O)(=O)OCC12[C@@H]3C=C[C@@H]4C3C3[C@@H]1C=C[C@@H]3C42COS(C)(=O)=O. The van der Waals surface area contributed by atoms with Gasteiger partial charge < -0.3 is 0 Å². The van der Waals surface area contributed by atoms with Crippen molar-refractivity contribution in [1.82, 2.24) is 0 Å². The molecule has 0 aromatic heterocycles. The molecule has 6 atom stereocenters. The van der Waals surface area contributed by atoms with Crippen molar-refractivity contribution in [3.8, 4) is 0 Å². The van der Waals surface area contributed by atoms with Gasteiger partial charge in [-0.15, -0.1) is 0 Å². The van der Waals surface area contributed by atoms with Crippen molar-refractivity contribution in [2.75, 3.05) is 25.7 Å². The van der Waals surface area contributed by atoms with E-state index in [1.165, 1.54) is 0 Å². The molecule has 0 spiro atoms. The highest BCUT2D eigenvalue weighted by molar-refractivity contribution is 7.86. The molecule has 0 N–H and O–H groups in total. The van der Waals surface area contributed by atoms with Gasteiger partial charge in [-0.3, -0.25) is 8.37 Å². The molecule has 0 aromatic carbocycles. The van der Waals surface area contributed by atoms with Crippen LogP contribution >= 0.6 is 0 Å². The Morgan fingerprint density at radius 3 is 1.25 bits per heavy atom. The van der Waals surface area contributed by atoms with Crippen LogP contribution in [0.5, 0.6) is 0 Å². The largest absolute Gasteiger partial charge is 0.270 e. The maximum Gasteiger partial charge on any atom is 0.264 e. The normalized spacial score (nSPS) is 52.2. The first-order chi connectivity index (χ1) is 11.1. The van der Waals surface area contributed by atoms with Gasteiger partial charge in [0.1, 0.15) is 0 Å². The molecule has 0 aromatic rings. The summed E-state index contributed by atoms with van der Waals surface area (Å²) in [4.78, 5) is 0. The van der Waals surface area contributed by atoms with Crippen LogP contribution in [0, 0.1) is 46.3 Å². The second kappa shape index (κ2) is 4.16. The summed E-state index contributed by atoms with van der Waals surface area (Å²) in [6.45, 7) is 0.228. The van der Waals surface area contributed by atoms with Gasteiger partial charge in [-0.1, -0.05) is 24.3 Å². The fraction of sp³-hybridized carbons (Fsp3) is 0.750. The van der Waals surface area contributed by atoms with Crippen LogP contribution in [0.3, 0.4) is 0 Å². The van der Waals surface area contributed by atoms with E-state index in [0.29, 0.717) is 11.8 Å². The highest BCUT2D eigenvalue weighted by Crippen LogP contribution is 2.89. The number of rotatable bonds is 6. The molecule has 6 rings (SSSR count). The van der Waals surface area contributed by atoms with Gasteiger partial charge in [0.25, 0.3) is 20.2 Å². The zero-order valence-corrected chi connectivity index (χ0v) is 15.1. The monoisotopic (exact) mass is 372 g/mol. The quantitative estimate of drug-likeness (QED) is 0.506. The molecule has 0 amide bonds. The highest BCUT2D eigenvalue weighted by atomic mass is 32.2. The van der Waals surface area contributed by atoms with Gasteiger partial charge in [0.2, 0.25) is 0 Å². The first-order valence-corrected chi connectivity index (χ1v) is 11.8. The maximum absolute atomic E-state index is 11.6. The van der Waals surface area contributed by atoms with Crippen molar-refractivity contribution in [2.24, 2.45) is 46.3 Å². The van der Waals surface area contributed by atoms with Crippen LogP contribution in [0.25, 0.3) is 0 Å². The minimum absolute atomic E-state index is 0.114. The molecule has 4 fully saturated rings. The van der Waals surface area contributed by atoms with Crippen LogP contribution in [-0.2, 0) is 28.6 Å². The third-order valence-electron chi connectivity index (χ3n) is 7.42. The second-order valence-corrected chi connectivity index (χ2v) is 11.3. The third kappa shape index (κ3) is 1.51. The molecule has 6 aliphatic rings. The summed E-state index contributed by atoms with van der Waals surface area (Å²) in [5.74, 6) is 1.93. The molecule has 132 valence electrons. The molecule has 0 aliphatic heterocycles.